The van der Waals surface area contributed by atoms with Gasteiger partial charge < -0.3 is 20.3 Å². The molecule has 0 bridgehead atoms. The van der Waals surface area contributed by atoms with E-state index >= 15 is 0 Å². The quantitative estimate of drug-likeness (QED) is 0.716. The van der Waals surface area contributed by atoms with Crippen LogP contribution in [-0.4, -0.2) is 45.7 Å². The van der Waals surface area contributed by atoms with Crippen molar-refractivity contribution in [3.8, 4) is 0 Å². The predicted octanol–water partition coefficient (Wildman–Crippen LogP) is -1.03. The Kier molecular flexibility index (Phi) is 3.33. The van der Waals surface area contributed by atoms with E-state index in [0.29, 0.717) is 11.5 Å². The summed E-state index contributed by atoms with van der Waals surface area (Å²) in [6.07, 6.45) is -0.503. The van der Waals surface area contributed by atoms with Crippen LogP contribution >= 0.6 is 0 Å². The number of hydrogen-bond donors (Lipinski definition) is 2. The Morgan fingerprint density at radius 2 is 2.39 bits per heavy atom. The highest BCUT2D eigenvalue weighted by Crippen LogP contribution is 2.19. The fraction of sp³-hybridized carbons (Fsp3) is 0.545. The molecule has 7 nitrogen and oxygen atoms in total. The predicted molar refractivity (Wildman–Crippen MR) is 60.3 cm³/mol. The lowest BCUT2D eigenvalue weighted by atomic mass is 10.2. The van der Waals surface area contributed by atoms with Crippen LogP contribution in [0.15, 0.2) is 10.6 Å². The third-order valence-corrected chi connectivity index (χ3v) is 2.93. The first kappa shape index (κ1) is 12.6. The number of primary amides is 1. The largest absolute Gasteiger partial charge is 0.391 e. The van der Waals surface area contributed by atoms with Crippen LogP contribution in [0, 0.1) is 6.92 Å². The third-order valence-electron chi connectivity index (χ3n) is 2.93. The van der Waals surface area contributed by atoms with Crippen molar-refractivity contribution < 1.29 is 19.2 Å². The van der Waals surface area contributed by atoms with Gasteiger partial charge in [0.25, 0.3) is 0 Å². The van der Waals surface area contributed by atoms with Crippen LogP contribution in [0.5, 0.6) is 0 Å². The molecular formula is C11H15N3O4. The number of carbonyl (C=O) groups is 2. The SMILES string of the molecule is Cc1cc(CC(=O)N2C[C@H](O)C[C@H]2C(N)=O)on1. The fourth-order valence-electron chi connectivity index (χ4n) is 2.11. The second-order valence-electron chi connectivity index (χ2n) is 4.47. The molecule has 2 heterocycles. The normalized spacial score (nSPS) is 23.3. The van der Waals surface area contributed by atoms with E-state index in [1.54, 1.807) is 13.0 Å². The van der Waals surface area contributed by atoms with Crippen LogP contribution in [-0.2, 0) is 16.0 Å². The molecule has 1 aromatic heterocycles. The lowest BCUT2D eigenvalue weighted by Crippen LogP contribution is -2.44. The summed E-state index contributed by atoms with van der Waals surface area (Å²) in [4.78, 5) is 24.5. The average Bonchev–Trinajstić information content (AvgIpc) is 2.85. The number of aliphatic hydroxyl groups excluding tert-OH is 1. The second kappa shape index (κ2) is 4.77. The summed E-state index contributed by atoms with van der Waals surface area (Å²) in [6, 6.07) is 0.917. The van der Waals surface area contributed by atoms with Gasteiger partial charge in [0, 0.05) is 19.0 Å². The fourth-order valence-corrected chi connectivity index (χ4v) is 2.11. The zero-order chi connectivity index (χ0) is 13.3. The maximum Gasteiger partial charge on any atom is 0.240 e. The standard InChI is InChI=1S/C11H15N3O4/c1-6-2-8(18-13-6)4-10(16)14-5-7(15)3-9(14)11(12)17/h2,7,9,15H,3-5H2,1H3,(H2,12,17)/t7-,9+/m1/s1. The number of aryl methyl sites for hydroxylation is 1. The van der Waals surface area contributed by atoms with Gasteiger partial charge in [0.05, 0.1) is 18.2 Å². The molecule has 1 fully saturated rings. The topological polar surface area (TPSA) is 110 Å². The Morgan fingerprint density at radius 3 is 2.94 bits per heavy atom. The van der Waals surface area contributed by atoms with Gasteiger partial charge in [0.15, 0.2) is 0 Å². The molecule has 3 N–H and O–H groups in total. The van der Waals surface area contributed by atoms with Crippen molar-refractivity contribution >= 4 is 11.8 Å². The number of nitrogens with two attached hydrogens (primary N) is 1. The van der Waals surface area contributed by atoms with Crippen LogP contribution in [0.2, 0.25) is 0 Å². The van der Waals surface area contributed by atoms with Gasteiger partial charge in [-0.15, -0.1) is 0 Å². The van der Waals surface area contributed by atoms with Gasteiger partial charge in [-0.1, -0.05) is 5.16 Å². The van der Waals surface area contributed by atoms with Crippen LogP contribution in [0.3, 0.4) is 0 Å². The van der Waals surface area contributed by atoms with Crippen LogP contribution in [0.1, 0.15) is 17.9 Å². The molecule has 0 unspecified atom stereocenters. The molecule has 1 aliphatic heterocycles. The van der Waals surface area contributed by atoms with E-state index in [-0.39, 0.29) is 25.3 Å². The van der Waals surface area contributed by atoms with E-state index in [9.17, 15) is 14.7 Å². The Labute approximate surface area is 104 Å². The smallest absolute Gasteiger partial charge is 0.240 e. The number of carbonyl (C=O) groups excluding carboxylic acids is 2. The summed E-state index contributed by atoms with van der Waals surface area (Å²) >= 11 is 0. The highest BCUT2D eigenvalue weighted by atomic mass is 16.5. The van der Waals surface area contributed by atoms with Gasteiger partial charge in [-0.05, 0) is 6.92 Å². The first-order chi connectivity index (χ1) is 8.47. The lowest BCUT2D eigenvalue weighted by Gasteiger charge is -2.21. The molecule has 98 valence electrons. The summed E-state index contributed by atoms with van der Waals surface area (Å²) in [6.45, 7) is 1.88. The van der Waals surface area contributed by atoms with E-state index in [2.05, 4.69) is 5.16 Å². The molecule has 18 heavy (non-hydrogen) atoms. The van der Waals surface area contributed by atoms with Crippen molar-refractivity contribution in [3.63, 3.8) is 0 Å². The maximum atomic E-state index is 12.0. The van der Waals surface area contributed by atoms with Gasteiger partial charge in [-0.2, -0.15) is 0 Å². The van der Waals surface area contributed by atoms with Crippen LogP contribution in [0.4, 0.5) is 0 Å². The molecule has 2 atom stereocenters. The van der Waals surface area contributed by atoms with Crippen LogP contribution < -0.4 is 5.73 Å². The Morgan fingerprint density at radius 1 is 1.67 bits per heavy atom. The molecule has 2 amide bonds. The van der Waals surface area contributed by atoms with Gasteiger partial charge in [-0.3, -0.25) is 9.59 Å². The monoisotopic (exact) mass is 253 g/mol. The van der Waals surface area contributed by atoms with Gasteiger partial charge in [0.2, 0.25) is 11.8 Å². The molecule has 1 saturated heterocycles. The molecule has 0 aromatic carbocycles. The van der Waals surface area contributed by atoms with E-state index in [1.807, 2.05) is 0 Å². The molecule has 7 heteroatoms. The zero-order valence-electron chi connectivity index (χ0n) is 10.00. The number of nitrogens with zero attached hydrogens (tertiary/aromatic N) is 2. The lowest BCUT2D eigenvalue weighted by molar-refractivity contribution is -0.137. The highest BCUT2D eigenvalue weighted by molar-refractivity contribution is 5.88. The number of likely N-dealkylation sites (tertiary alicyclic amines) is 1. The number of rotatable bonds is 3. The van der Waals surface area contributed by atoms with Crippen molar-refractivity contribution in [2.24, 2.45) is 5.73 Å². The first-order valence-electron chi connectivity index (χ1n) is 5.66. The maximum absolute atomic E-state index is 12.0. The van der Waals surface area contributed by atoms with E-state index in [4.69, 9.17) is 10.3 Å². The summed E-state index contributed by atoms with van der Waals surface area (Å²) in [5.41, 5.74) is 5.89. The minimum absolute atomic E-state index is 0.0112. The average molecular weight is 253 g/mol. The van der Waals surface area contributed by atoms with E-state index in [0.717, 1.165) is 0 Å². The second-order valence-corrected chi connectivity index (χ2v) is 4.47. The Hall–Kier alpha value is -1.89. The van der Waals surface area contributed by atoms with Gasteiger partial charge in [0.1, 0.15) is 11.8 Å². The minimum Gasteiger partial charge on any atom is -0.391 e. The van der Waals surface area contributed by atoms with Crippen molar-refractivity contribution in [2.45, 2.75) is 31.9 Å². The number of β-amino-alcohol motifs (C(OH)–C–C–N with tert-alkyl or cyclic N) is 1. The molecule has 0 aliphatic carbocycles. The van der Waals surface area contributed by atoms with Gasteiger partial charge >= 0.3 is 0 Å². The number of aliphatic hydroxyl groups is 1. The minimum atomic E-state index is -0.739. The first-order valence-corrected chi connectivity index (χ1v) is 5.66. The highest BCUT2D eigenvalue weighted by Gasteiger charge is 2.37. The summed E-state index contributed by atoms with van der Waals surface area (Å²) < 4.78 is 4.94. The number of hydrogen-bond acceptors (Lipinski definition) is 5. The molecule has 1 aliphatic rings. The third kappa shape index (κ3) is 2.51. The van der Waals surface area contributed by atoms with E-state index < -0.39 is 18.1 Å². The molecule has 0 saturated carbocycles. The van der Waals surface area contributed by atoms with Crippen molar-refractivity contribution in [1.82, 2.24) is 10.1 Å². The Bertz CT molecular complexity index is 471. The van der Waals surface area contributed by atoms with Crippen molar-refractivity contribution in [2.75, 3.05) is 6.54 Å². The molecular weight excluding hydrogens is 238 g/mol. The zero-order valence-corrected chi connectivity index (χ0v) is 10.00. The molecule has 0 spiro atoms. The van der Waals surface area contributed by atoms with E-state index in [1.165, 1.54) is 4.90 Å². The summed E-state index contributed by atoms with van der Waals surface area (Å²) in [7, 11) is 0. The number of amides is 2. The van der Waals surface area contributed by atoms with Gasteiger partial charge in [-0.25, -0.2) is 0 Å². The Balaban J connectivity index is 2.06. The van der Waals surface area contributed by atoms with Crippen LogP contribution in [0.25, 0.3) is 0 Å². The number of aromatic nitrogens is 1. The molecule has 2 rings (SSSR count). The molecule has 0 radical (unpaired) electrons. The molecule has 1 aromatic rings. The summed E-state index contributed by atoms with van der Waals surface area (Å²) in [5, 5.41) is 13.2. The van der Waals surface area contributed by atoms with Crippen molar-refractivity contribution in [1.29, 1.82) is 0 Å². The summed E-state index contributed by atoms with van der Waals surface area (Å²) in [5.74, 6) is -0.470. The van der Waals surface area contributed by atoms with Crippen molar-refractivity contribution in [3.05, 3.63) is 17.5 Å².